The number of ether oxygens (including phenoxy) is 1. The zero-order valence-electron chi connectivity index (χ0n) is 17.0. The number of aromatic nitrogens is 1. The minimum atomic E-state index is -0.583. The van der Waals surface area contributed by atoms with Crippen molar-refractivity contribution in [2.45, 2.75) is 57.2 Å². The van der Waals surface area contributed by atoms with Crippen molar-refractivity contribution < 1.29 is 14.3 Å². The van der Waals surface area contributed by atoms with Crippen LogP contribution < -0.4 is 5.56 Å². The van der Waals surface area contributed by atoms with E-state index in [9.17, 15) is 14.4 Å². The molecule has 5 rings (SSSR count). The molecular weight excluding hydrogens is 380 g/mol. The molecule has 1 saturated carbocycles. The predicted molar refractivity (Wildman–Crippen MR) is 111 cm³/mol. The molecule has 2 aliphatic heterocycles. The molecule has 6 heteroatoms. The van der Waals surface area contributed by atoms with Gasteiger partial charge >= 0.3 is 5.97 Å². The van der Waals surface area contributed by atoms with Gasteiger partial charge in [0.05, 0.1) is 18.9 Å². The van der Waals surface area contributed by atoms with Crippen LogP contribution >= 0.6 is 0 Å². The summed E-state index contributed by atoms with van der Waals surface area (Å²) in [6, 6.07) is 11.6. The molecule has 6 nitrogen and oxygen atoms in total. The predicted octanol–water partition coefficient (Wildman–Crippen LogP) is 2.66. The Morgan fingerprint density at radius 3 is 2.63 bits per heavy atom. The van der Waals surface area contributed by atoms with Crippen LogP contribution in [0.2, 0.25) is 0 Å². The van der Waals surface area contributed by atoms with Crippen LogP contribution in [0.15, 0.2) is 47.4 Å². The zero-order valence-corrected chi connectivity index (χ0v) is 17.0. The number of carbonyl (C=O) groups excluding carboxylic acids is 2. The van der Waals surface area contributed by atoms with Crippen LogP contribution in [-0.4, -0.2) is 33.5 Å². The van der Waals surface area contributed by atoms with E-state index in [0.717, 1.165) is 42.4 Å². The SMILES string of the molecule is O=C1CC(C(=O)N2CCc3cc(=O)n(Cc4ccccc4)cc3C2)C2(CCCC2)O1. The normalized spacial score (nSPS) is 22.2. The molecule has 1 aromatic carbocycles. The van der Waals surface area contributed by atoms with E-state index in [4.69, 9.17) is 4.74 Å². The maximum Gasteiger partial charge on any atom is 0.307 e. The summed E-state index contributed by atoms with van der Waals surface area (Å²) < 4.78 is 7.38. The Morgan fingerprint density at radius 1 is 1.10 bits per heavy atom. The van der Waals surface area contributed by atoms with E-state index >= 15 is 0 Å². The van der Waals surface area contributed by atoms with Gasteiger partial charge < -0.3 is 14.2 Å². The highest BCUT2D eigenvalue weighted by Gasteiger charge is 2.54. The second-order valence-corrected chi connectivity index (χ2v) is 8.79. The number of esters is 1. The third kappa shape index (κ3) is 3.34. The Bertz CT molecular complexity index is 1040. The summed E-state index contributed by atoms with van der Waals surface area (Å²) in [6.45, 7) is 1.56. The highest BCUT2D eigenvalue weighted by Crippen LogP contribution is 2.46. The highest BCUT2D eigenvalue weighted by molar-refractivity contribution is 5.88. The number of hydrogen-bond acceptors (Lipinski definition) is 4. The van der Waals surface area contributed by atoms with Gasteiger partial charge in [0.1, 0.15) is 5.60 Å². The standard InChI is InChI=1S/C24H26N2O4/c27-21-12-18-8-11-25(15-19(18)16-26(21)14-17-6-2-1-3-7-17)23(29)20-13-22(28)30-24(20)9-4-5-10-24/h1-3,6-7,12,16,20H,4-5,8-11,13-15H2. The van der Waals surface area contributed by atoms with Gasteiger partial charge in [-0.2, -0.15) is 0 Å². The van der Waals surface area contributed by atoms with E-state index in [1.807, 2.05) is 41.4 Å². The quantitative estimate of drug-likeness (QED) is 0.735. The Morgan fingerprint density at radius 2 is 1.87 bits per heavy atom. The lowest BCUT2D eigenvalue weighted by Crippen LogP contribution is -2.46. The molecule has 1 atom stereocenters. The van der Waals surface area contributed by atoms with Crippen molar-refractivity contribution in [3.8, 4) is 0 Å². The Kier molecular flexibility index (Phi) is 4.72. The zero-order chi connectivity index (χ0) is 20.7. The molecule has 156 valence electrons. The summed E-state index contributed by atoms with van der Waals surface area (Å²) >= 11 is 0. The van der Waals surface area contributed by atoms with Crippen molar-refractivity contribution in [1.82, 2.24) is 9.47 Å². The molecule has 1 saturated heterocycles. The molecule has 2 fully saturated rings. The lowest BCUT2D eigenvalue weighted by atomic mass is 9.84. The van der Waals surface area contributed by atoms with Gasteiger partial charge in [0.15, 0.2) is 0 Å². The lowest BCUT2D eigenvalue weighted by molar-refractivity contribution is -0.152. The number of rotatable bonds is 3. The van der Waals surface area contributed by atoms with E-state index in [2.05, 4.69) is 0 Å². The third-order valence-electron chi connectivity index (χ3n) is 6.90. The molecule has 3 heterocycles. The molecule has 1 amide bonds. The van der Waals surface area contributed by atoms with Crippen LogP contribution in [0.4, 0.5) is 0 Å². The van der Waals surface area contributed by atoms with Crippen LogP contribution in [0.3, 0.4) is 0 Å². The second kappa shape index (κ2) is 7.42. The fraction of sp³-hybridized carbons (Fsp3) is 0.458. The Labute approximate surface area is 175 Å². The molecule has 0 N–H and O–H groups in total. The molecule has 1 spiro atoms. The van der Waals surface area contributed by atoms with Crippen molar-refractivity contribution in [2.75, 3.05) is 6.54 Å². The number of fused-ring (bicyclic) bond motifs is 1. The molecule has 1 aromatic heterocycles. The molecule has 1 unspecified atom stereocenters. The fourth-order valence-corrected chi connectivity index (χ4v) is 5.32. The molecule has 1 aliphatic carbocycles. The summed E-state index contributed by atoms with van der Waals surface area (Å²) in [7, 11) is 0. The van der Waals surface area contributed by atoms with Gasteiger partial charge in [-0.25, -0.2) is 0 Å². The van der Waals surface area contributed by atoms with E-state index in [-0.39, 0.29) is 29.8 Å². The monoisotopic (exact) mass is 406 g/mol. The fourth-order valence-electron chi connectivity index (χ4n) is 5.32. The molecule has 2 aromatic rings. The minimum Gasteiger partial charge on any atom is -0.458 e. The summed E-state index contributed by atoms with van der Waals surface area (Å²) in [5.74, 6) is -0.595. The number of carbonyl (C=O) groups is 2. The van der Waals surface area contributed by atoms with Gasteiger partial charge in [0, 0.05) is 25.4 Å². The summed E-state index contributed by atoms with van der Waals surface area (Å²) in [6.07, 6.45) is 6.34. The van der Waals surface area contributed by atoms with Gasteiger partial charge in [-0.15, -0.1) is 0 Å². The van der Waals surface area contributed by atoms with Crippen molar-refractivity contribution in [3.63, 3.8) is 0 Å². The molecule has 0 bridgehead atoms. The van der Waals surface area contributed by atoms with Crippen LogP contribution in [0, 0.1) is 5.92 Å². The van der Waals surface area contributed by atoms with Crippen molar-refractivity contribution in [3.05, 3.63) is 69.6 Å². The lowest BCUT2D eigenvalue weighted by Gasteiger charge is -2.35. The van der Waals surface area contributed by atoms with Gasteiger partial charge in [-0.1, -0.05) is 30.3 Å². The van der Waals surface area contributed by atoms with E-state index in [0.29, 0.717) is 26.1 Å². The topological polar surface area (TPSA) is 68.6 Å². The molecular formula is C24H26N2O4. The number of hydrogen-bond donors (Lipinski definition) is 0. The Balaban J connectivity index is 1.38. The number of amides is 1. The maximum atomic E-state index is 13.4. The number of pyridine rings is 1. The number of nitrogens with zero attached hydrogens (tertiary/aromatic N) is 2. The minimum absolute atomic E-state index is 0.0166. The van der Waals surface area contributed by atoms with Gasteiger partial charge in [-0.3, -0.25) is 14.4 Å². The first kappa shape index (κ1) is 19.1. The highest BCUT2D eigenvalue weighted by atomic mass is 16.6. The second-order valence-electron chi connectivity index (χ2n) is 8.79. The third-order valence-corrected chi connectivity index (χ3v) is 6.90. The van der Waals surface area contributed by atoms with Crippen LogP contribution in [0.25, 0.3) is 0 Å². The maximum absolute atomic E-state index is 13.4. The summed E-state index contributed by atoms with van der Waals surface area (Å²) in [5.41, 5.74) is 2.49. The first-order valence-electron chi connectivity index (χ1n) is 10.8. The van der Waals surface area contributed by atoms with Crippen LogP contribution in [-0.2, 0) is 33.8 Å². The number of benzene rings is 1. The summed E-state index contributed by atoms with van der Waals surface area (Å²) in [4.78, 5) is 39.8. The van der Waals surface area contributed by atoms with Gasteiger partial charge in [0.25, 0.3) is 5.56 Å². The first-order valence-corrected chi connectivity index (χ1v) is 10.8. The van der Waals surface area contributed by atoms with Crippen molar-refractivity contribution in [1.29, 1.82) is 0 Å². The first-order chi connectivity index (χ1) is 14.5. The van der Waals surface area contributed by atoms with Crippen molar-refractivity contribution >= 4 is 11.9 Å². The molecule has 3 aliphatic rings. The summed E-state index contributed by atoms with van der Waals surface area (Å²) in [5, 5.41) is 0. The van der Waals surface area contributed by atoms with E-state index in [1.54, 1.807) is 10.6 Å². The van der Waals surface area contributed by atoms with Crippen LogP contribution in [0.1, 0.15) is 48.8 Å². The van der Waals surface area contributed by atoms with Crippen molar-refractivity contribution in [2.24, 2.45) is 5.92 Å². The largest absolute Gasteiger partial charge is 0.458 e. The molecule has 0 radical (unpaired) electrons. The van der Waals surface area contributed by atoms with Gasteiger partial charge in [0.2, 0.25) is 5.91 Å². The smallest absolute Gasteiger partial charge is 0.307 e. The Hall–Kier alpha value is -2.89. The van der Waals surface area contributed by atoms with E-state index in [1.165, 1.54) is 0 Å². The van der Waals surface area contributed by atoms with Crippen LogP contribution in [0.5, 0.6) is 0 Å². The average Bonchev–Trinajstić information content (AvgIpc) is 3.35. The van der Waals surface area contributed by atoms with Gasteiger partial charge in [-0.05, 0) is 48.8 Å². The average molecular weight is 406 g/mol. The van der Waals surface area contributed by atoms with E-state index < -0.39 is 5.60 Å². The molecule has 30 heavy (non-hydrogen) atoms.